The van der Waals surface area contributed by atoms with Crippen LogP contribution in [0.15, 0.2) is 67.0 Å². The Kier molecular flexibility index (Phi) is 6.28. The van der Waals surface area contributed by atoms with E-state index in [4.69, 9.17) is 21.7 Å². The molecule has 0 fully saturated rings. The molecular weight excluding hydrogens is 410 g/mol. The van der Waals surface area contributed by atoms with Crippen LogP contribution in [-0.2, 0) is 13.2 Å². The maximum absolute atomic E-state index is 6.21. The summed E-state index contributed by atoms with van der Waals surface area (Å²) in [6.45, 7) is 2.99. The van der Waals surface area contributed by atoms with E-state index < -0.39 is 0 Å². The largest absolute Gasteiger partial charge is 0.493 e. The van der Waals surface area contributed by atoms with Crippen molar-refractivity contribution >= 4 is 12.2 Å². The minimum Gasteiger partial charge on any atom is -0.493 e. The Balaban J connectivity index is 1.58. The number of nitrogens with one attached hydrogen (secondary N) is 2. The first kappa shape index (κ1) is 20.6. The van der Waals surface area contributed by atoms with Crippen LogP contribution in [0.4, 0.5) is 0 Å². The van der Waals surface area contributed by atoms with Gasteiger partial charge >= 0.3 is 0 Å². The molecule has 0 bridgehead atoms. The van der Waals surface area contributed by atoms with Crippen molar-refractivity contribution in [1.82, 2.24) is 19.9 Å². The molecule has 2 aromatic heterocycles. The van der Waals surface area contributed by atoms with Gasteiger partial charge in [-0.1, -0.05) is 36.4 Å². The van der Waals surface area contributed by atoms with Gasteiger partial charge in [-0.05, 0) is 48.5 Å². The van der Waals surface area contributed by atoms with Crippen LogP contribution in [0.5, 0.6) is 11.5 Å². The van der Waals surface area contributed by atoms with Crippen LogP contribution in [0.3, 0.4) is 0 Å². The average molecular weight is 434 g/mol. The second-order valence-corrected chi connectivity index (χ2v) is 7.31. The van der Waals surface area contributed by atoms with E-state index in [9.17, 15) is 0 Å². The minimum absolute atomic E-state index is 0.452. The molecule has 2 heterocycles. The van der Waals surface area contributed by atoms with Crippen LogP contribution in [-0.4, -0.2) is 27.0 Å². The summed E-state index contributed by atoms with van der Waals surface area (Å²) in [4.78, 5) is 4.06. The normalized spacial score (nSPS) is 10.6. The van der Waals surface area contributed by atoms with Crippen LogP contribution < -0.4 is 14.9 Å². The quantitative estimate of drug-likeness (QED) is 0.394. The number of para-hydroxylation sites is 1. The molecule has 0 amide bonds. The molecule has 0 saturated heterocycles. The highest BCUT2D eigenvalue weighted by atomic mass is 32.1. The lowest BCUT2D eigenvalue weighted by atomic mass is 10.1. The Bertz CT molecular complexity index is 1220. The zero-order valence-electron chi connectivity index (χ0n) is 17.3. The standard InChI is InChI=1S/C23H23N5O2S/c1-16-6-3-4-7-19(16)15-30-21-18(8-5-9-20(21)29-2)14-25-28-22(26-27-23(28)31)17-10-12-24-13-11-17/h3-13,25H,14-15H2,1-2H3,(H,27,31). The van der Waals surface area contributed by atoms with Crippen LogP contribution in [0.2, 0.25) is 0 Å². The van der Waals surface area contributed by atoms with E-state index in [-0.39, 0.29) is 0 Å². The Hall–Kier alpha value is -3.65. The summed E-state index contributed by atoms with van der Waals surface area (Å²) in [5.74, 6) is 2.05. The van der Waals surface area contributed by atoms with Crippen molar-refractivity contribution in [2.24, 2.45) is 0 Å². The van der Waals surface area contributed by atoms with Gasteiger partial charge in [-0.2, -0.15) is 5.10 Å². The Labute approximate surface area is 185 Å². The molecule has 0 aliphatic heterocycles. The number of nitrogens with zero attached hydrogens (tertiary/aromatic N) is 3. The Morgan fingerprint density at radius 1 is 1.03 bits per heavy atom. The molecule has 0 atom stereocenters. The lowest BCUT2D eigenvalue weighted by Crippen LogP contribution is -2.16. The third-order valence-electron chi connectivity index (χ3n) is 4.95. The molecule has 158 valence electrons. The predicted octanol–water partition coefficient (Wildman–Crippen LogP) is 4.64. The average Bonchev–Trinajstić information content (AvgIpc) is 3.18. The van der Waals surface area contributed by atoms with Gasteiger partial charge in [0.25, 0.3) is 0 Å². The molecule has 0 aliphatic carbocycles. The summed E-state index contributed by atoms with van der Waals surface area (Å²) >= 11 is 5.41. The molecule has 2 N–H and O–H groups in total. The van der Waals surface area contributed by atoms with E-state index in [0.29, 0.717) is 35.2 Å². The molecule has 0 aliphatic rings. The smallest absolute Gasteiger partial charge is 0.214 e. The Morgan fingerprint density at radius 3 is 2.58 bits per heavy atom. The topological polar surface area (TPSA) is 77.0 Å². The van der Waals surface area contributed by atoms with Crippen molar-refractivity contribution in [2.45, 2.75) is 20.1 Å². The van der Waals surface area contributed by atoms with Gasteiger partial charge in [-0.25, -0.2) is 9.77 Å². The van der Waals surface area contributed by atoms with E-state index in [0.717, 1.165) is 16.7 Å². The van der Waals surface area contributed by atoms with Crippen LogP contribution in [0, 0.1) is 11.7 Å². The van der Waals surface area contributed by atoms with Crippen molar-refractivity contribution in [3.05, 3.63) is 88.5 Å². The highest BCUT2D eigenvalue weighted by molar-refractivity contribution is 7.71. The van der Waals surface area contributed by atoms with Gasteiger partial charge in [0.15, 0.2) is 17.3 Å². The summed E-state index contributed by atoms with van der Waals surface area (Å²) in [6.07, 6.45) is 3.44. The first-order chi connectivity index (χ1) is 15.2. The van der Waals surface area contributed by atoms with Crippen molar-refractivity contribution in [3.63, 3.8) is 0 Å². The zero-order valence-corrected chi connectivity index (χ0v) is 18.1. The highest BCUT2D eigenvalue weighted by Crippen LogP contribution is 2.32. The number of methoxy groups -OCH3 is 1. The summed E-state index contributed by atoms with van der Waals surface area (Å²) < 4.78 is 14.0. The van der Waals surface area contributed by atoms with Gasteiger partial charge in [0.05, 0.1) is 13.7 Å². The lowest BCUT2D eigenvalue weighted by molar-refractivity contribution is 0.281. The van der Waals surface area contributed by atoms with E-state index >= 15 is 0 Å². The molecule has 0 unspecified atom stereocenters. The van der Waals surface area contributed by atoms with Crippen molar-refractivity contribution in [3.8, 4) is 22.9 Å². The number of H-pyrrole nitrogens is 1. The van der Waals surface area contributed by atoms with E-state index in [1.54, 1.807) is 24.2 Å². The molecule has 0 radical (unpaired) electrons. The molecule has 4 rings (SSSR count). The fourth-order valence-corrected chi connectivity index (χ4v) is 3.45. The molecule has 8 heteroatoms. The first-order valence-electron chi connectivity index (χ1n) is 9.82. The minimum atomic E-state index is 0.452. The van der Waals surface area contributed by atoms with Gasteiger partial charge < -0.3 is 14.9 Å². The number of benzene rings is 2. The summed E-state index contributed by atoms with van der Waals surface area (Å²) in [5.41, 5.74) is 7.49. The molecule has 7 nitrogen and oxygen atoms in total. The molecule has 31 heavy (non-hydrogen) atoms. The number of rotatable bonds is 8. The summed E-state index contributed by atoms with van der Waals surface area (Å²) in [7, 11) is 1.64. The number of ether oxygens (including phenoxy) is 2. The van der Waals surface area contributed by atoms with Crippen molar-refractivity contribution < 1.29 is 9.47 Å². The third kappa shape index (κ3) is 4.59. The molecule has 0 spiro atoms. The lowest BCUT2D eigenvalue weighted by Gasteiger charge is -2.17. The van der Waals surface area contributed by atoms with E-state index in [1.807, 2.05) is 42.5 Å². The fraction of sp³-hybridized carbons (Fsp3) is 0.174. The first-order valence-corrected chi connectivity index (χ1v) is 10.2. The summed E-state index contributed by atoms with van der Waals surface area (Å²) in [5, 5.41) is 7.18. The summed E-state index contributed by atoms with van der Waals surface area (Å²) in [6, 6.07) is 17.8. The molecule has 4 aromatic rings. The Morgan fingerprint density at radius 2 is 1.81 bits per heavy atom. The van der Waals surface area contributed by atoms with Crippen LogP contribution in [0.1, 0.15) is 16.7 Å². The zero-order chi connectivity index (χ0) is 21.6. The predicted molar refractivity (Wildman–Crippen MR) is 122 cm³/mol. The van der Waals surface area contributed by atoms with Crippen LogP contribution >= 0.6 is 12.2 Å². The SMILES string of the molecule is COc1cccc(CNn2c(-c3ccncc3)n[nH]c2=S)c1OCc1ccccc1C. The highest BCUT2D eigenvalue weighted by Gasteiger charge is 2.14. The maximum Gasteiger partial charge on any atom is 0.214 e. The van der Waals surface area contributed by atoms with Gasteiger partial charge in [-0.15, -0.1) is 0 Å². The monoisotopic (exact) mass is 433 g/mol. The fourth-order valence-electron chi connectivity index (χ4n) is 3.25. The van der Waals surface area contributed by atoms with E-state index in [2.05, 4.69) is 39.7 Å². The van der Waals surface area contributed by atoms with E-state index in [1.165, 1.54) is 5.56 Å². The second-order valence-electron chi connectivity index (χ2n) is 6.92. The number of aryl methyl sites for hydroxylation is 1. The second kappa shape index (κ2) is 9.44. The van der Waals surface area contributed by atoms with Crippen molar-refractivity contribution in [1.29, 1.82) is 0 Å². The van der Waals surface area contributed by atoms with Gasteiger partial charge in [-0.3, -0.25) is 4.98 Å². The molecule has 2 aromatic carbocycles. The maximum atomic E-state index is 6.21. The molecule has 0 saturated carbocycles. The number of pyridine rings is 1. The number of aromatic amines is 1. The van der Waals surface area contributed by atoms with Gasteiger partial charge in [0.1, 0.15) is 6.61 Å². The molecular formula is C23H23N5O2S. The van der Waals surface area contributed by atoms with Gasteiger partial charge in [0, 0.05) is 23.5 Å². The number of hydrogen-bond acceptors (Lipinski definition) is 6. The van der Waals surface area contributed by atoms with Crippen molar-refractivity contribution in [2.75, 3.05) is 12.5 Å². The third-order valence-corrected chi connectivity index (χ3v) is 5.23. The van der Waals surface area contributed by atoms with Crippen LogP contribution in [0.25, 0.3) is 11.4 Å². The van der Waals surface area contributed by atoms with Gasteiger partial charge in [0.2, 0.25) is 4.77 Å². The number of aromatic nitrogens is 4. The number of hydrogen-bond donors (Lipinski definition) is 2.